The summed E-state index contributed by atoms with van der Waals surface area (Å²) in [6.45, 7) is 3.43. The molecule has 3 rings (SSSR count). The highest BCUT2D eigenvalue weighted by molar-refractivity contribution is 5.89. The molecule has 5 heteroatoms. The van der Waals surface area contributed by atoms with Crippen LogP contribution in [-0.4, -0.2) is 60.9 Å². The van der Waals surface area contributed by atoms with E-state index in [1.165, 1.54) is 6.42 Å². The lowest BCUT2D eigenvalue weighted by Gasteiger charge is -2.35. The zero-order chi connectivity index (χ0) is 18.4. The highest BCUT2D eigenvalue weighted by Crippen LogP contribution is 2.25. The summed E-state index contributed by atoms with van der Waals surface area (Å²) in [6, 6.07) is 9.55. The molecule has 0 radical (unpaired) electrons. The molecule has 1 atom stereocenters. The van der Waals surface area contributed by atoms with E-state index in [-0.39, 0.29) is 17.9 Å². The number of piperidine rings is 1. The first-order chi connectivity index (χ1) is 12.7. The van der Waals surface area contributed by atoms with Crippen LogP contribution in [0.1, 0.15) is 37.7 Å². The van der Waals surface area contributed by atoms with Gasteiger partial charge in [-0.3, -0.25) is 9.59 Å². The van der Waals surface area contributed by atoms with Crippen molar-refractivity contribution in [2.75, 3.05) is 33.2 Å². The summed E-state index contributed by atoms with van der Waals surface area (Å²) in [4.78, 5) is 29.6. The van der Waals surface area contributed by atoms with Gasteiger partial charge >= 0.3 is 0 Å². The van der Waals surface area contributed by atoms with Crippen molar-refractivity contribution in [2.24, 2.45) is 5.92 Å². The standard InChI is InChI=1S/C21H31N3O2/c1-22-12-9-17-10-14-23(15-11-17)21(26)19-8-5-13-24(19)20(25)16-18-6-3-2-4-7-18/h2-4,6-7,17,19,22H,5,8-16H2,1H3. The van der Waals surface area contributed by atoms with E-state index < -0.39 is 0 Å². The van der Waals surface area contributed by atoms with E-state index in [4.69, 9.17) is 0 Å². The number of hydrogen-bond acceptors (Lipinski definition) is 3. The smallest absolute Gasteiger partial charge is 0.245 e. The maximum Gasteiger partial charge on any atom is 0.245 e. The van der Waals surface area contributed by atoms with Crippen molar-refractivity contribution >= 4 is 11.8 Å². The molecule has 2 amide bonds. The number of hydrogen-bond donors (Lipinski definition) is 1. The molecule has 2 heterocycles. The van der Waals surface area contributed by atoms with Crippen molar-refractivity contribution in [3.05, 3.63) is 35.9 Å². The minimum Gasteiger partial charge on any atom is -0.341 e. The van der Waals surface area contributed by atoms with Crippen molar-refractivity contribution < 1.29 is 9.59 Å². The Morgan fingerprint density at radius 1 is 1.08 bits per heavy atom. The van der Waals surface area contributed by atoms with Crippen LogP contribution in [0.3, 0.4) is 0 Å². The highest BCUT2D eigenvalue weighted by atomic mass is 16.2. The average Bonchev–Trinajstić information content (AvgIpc) is 3.17. The Balaban J connectivity index is 1.54. The second-order valence-corrected chi connectivity index (χ2v) is 7.57. The third-order valence-electron chi connectivity index (χ3n) is 5.79. The molecule has 142 valence electrons. The van der Waals surface area contributed by atoms with Crippen LogP contribution >= 0.6 is 0 Å². The number of carbonyl (C=O) groups excluding carboxylic acids is 2. The predicted octanol–water partition coefficient (Wildman–Crippen LogP) is 2.07. The summed E-state index contributed by atoms with van der Waals surface area (Å²) in [5.41, 5.74) is 1.01. The number of likely N-dealkylation sites (tertiary alicyclic amines) is 2. The zero-order valence-corrected chi connectivity index (χ0v) is 15.8. The van der Waals surface area contributed by atoms with Gasteiger partial charge in [0.25, 0.3) is 0 Å². The third kappa shape index (κ3) is 4.64. The summed E-state index contributed by atoms with van der Waals surface area (Å²) < 4.78 is 0. The fourth-order valence-corrected chi connectivity index (χ4v) is 4.20. The van der Waals surface area contributed by atoms with Crippen LogP contribution in [-0.2, 0) is 16.0 Å². The Morgan fingerprint density at radius 2 is 1.81 bits per heavy atom. The fraction of sp³-hybridized carbons (Fsp3) is 0.619. The zero-order valence-electron chi connectivity index (χ0n) is 15.8. The van der Waals surface area contributed by atoms with Gasteiger partial charge in [0.1, 0.15) is 6.04 Å². The second kappa shape index (κ2) is 9.17. The number of amides is 2. The SMILES string of the molecule is CNCCC1CCN(C(=O)C2CCCN2C(=O)Cc2ccccc2)CC1. The first-order valence-electron chi connectivity index (χ1n) is 9.96. The van der Waals surface area contributed by atoms with Crippen molar-refractivity contribution in [1.82, 2.24) is 15.1 Å². The fourth-order valence-electron chi connectivity index (χ4n) is 4.20. The molecule has 1 aromatic rings. The molecule has 26 heavy (non-hydrogen) atoms. The molecule has 0 bridgehead atoms. The van der Waals surface area contributed by atoms with Crippen LogP contribution in [0.15, 0.2) is 30.3 Å². The van der Waals surface area contributed by atoms with Crippen LogP contribution in [0, 0.1) is 5.92 Å². The van der Waals surface area contributed by atoms with E-state index in [2.05, 4.69) is 5.32 Å². The van der Waals surface area contributed by atoms with E-state index in [0.29, 0.717) is 18.9 Å². The van der Waals surface area contributed by atoms with Crippen LogP contribution in [0.4, 0.5) is 0 Å². The van der Waals surface area contributed by atoms with E-state index in [1.807, 2.05) is 47.2 Å². The molecule has 1 N–H and O–H groups in total. The van der Waals surface area contributed by atoms with Gasteiger partial charge in [-0.2, -0.15) is 0 Å². The Kier molecular flexibility index (Phi) is 6.67. The van der Waals surface area contributed by atoms with Crippen molar-refractivity contribution in [3.63, 3.8) is 0 Å². The lowest BCUT2D eigenvalue weighted by Crippen LogP contribution is -2.50. The van der Waals surface area contributed by atoms with E-state index >= 15 is 0 Å². The molecule has 0 aliphatic carbocycles. The minimum atomic E-state index is -0.250. The Morgan fingerprint density at radius 3 is 2.50 bits per heavy atom. The van der Waals surface area contributed by atoms with Crippen molar-refractivity contribution in [3.8, 4) is 0 Å². The van der Waals surface area contributed by atoms with Crippen LogP contribution in [0.25, 0.3) is 0 Å². The Hall–Kier alpha value is -1.88. The molecule has 1 aromatic carbocycles. The molecule has 0 spiro atoms. The van der Waals surface area contributed by atoms with E-state index in [0.717, 1.165) is 50.9 Å². The van der Waals surface area contributed by atoms with Gasteiger partial charge in [0, 0.05) is 19.6 Å². The van der Waals surface area contributed by atoms with Crippen LogP contribution in [0.2, 0.25) is 0 Å². The highest BCUT2D eigenvalue weighted by Gasteiger charge is 2.37. The molecule has 2 fully saturated rings. The monoisotopic (exact) mass is 357 g/mol. The molecule has 2 aliphatic rings. The average molecular weight is 357 g/mol. The maximum absolute atomic E-state index is 13.0. The maximum atomic E-state index is 13.0. The predicted molar refractivity (Wildman–Crippen MR) is 103 cm³/mol. The lowest BCUT2D eigenvalue weighted by molar-refractivity contribution is -0.144. The summed E-state index contributed by atoms with van der Waals surface area (Å²) in [7, 11) is 1.99. The summed E-state index contributed by atoms with van der Waals surface area (Å²) in [5, 5.41) is 3.21. The van der Waals surface area contributed by atoms with Gasteiger partial charge in [0.15, 0.2) is 0 Å². The molecule has 5 nitrogen and oxygen atoms in total. The number of nitrogens with one attached hydrogen (secondary N) is 1. The molecule has 0 aromatic heterocycles. The van der Waals surface area contributed by atoms with Crippen LogP contribution in [0.5, 0.6) is 0 Å². The van der Waals surface area contributed by atoms with E-state index in [9.17, 15) is 9.59 Å². The topological polar surface area (TPSA) is 52.7 Å². The molecular formula is C21H31N3O2. The Labute approximate surface area is 156 Å². The number of rotatable bonds is 6. The Bertz CT molecular complexity index is 597. The number of carbonyl (C=O) groups is 2. The van der Waals surface area contributed by atoms with Crippen molar-refractivity contribution in [2.45, 2.75) is 44.6 Å². The quantitative estimate of drug-likeness (QED) is 0.848. The van der Waals surface area contributed by atoms with Gasteiger partial charge in [0.05, 0.1) is 6.42 Å². The normalized spacial score (nSPS) is 21.2. The van der Waals surface area contributed by atoms with Gasteiger partial charge in [0.2, 0.25) is 11.8 Å². The minimum absolute atomic E-state index is 0.0796. The second-order valence-electron chi connectivity index (χ2n) is 7.57. The van der Waals surface area contributed by atoms with Gasteiger partial charge in [-0.05, 0) is 57.2 Å². The van der Waals surface area contributed by atoms with Crippen molar-refractivity contribution in [1.29, 1.82) is 0 Å². The lowest BCUT2D eigenvalue weighted by atomic mass is 9.93. The van der Waals surface area contributed by atoms with Gasteiger partial charge in [-0.1, -0.05) is 30.3 Å². The number of nitrogens with zero attached hydrogens (tertiary/aromatic N) is 2. The number of benzene rings is 1. The largest absolute Gasteiger partial charge is 0.341 e. The van der Waals surface area contributed by atoms with E-state index in [1.54, 1.807) is 0 Å². The molecule has 2 saturated heterocycles. The first-order valence-corrected chi connectivity index (χ1v) is 9.96. The third-order valence-corrected chi connectivity index (χ3v) is 5.79. The van der Waals surface area contributed by atoms with Gasteiger partial charge in [-0.15, -0.1) is 0 Å². The first kappa shape index (κ1) is 18.9. The van der Waals surface area contributed by atoms with Crippen LogP contribution < -0.4 is 5.32 Å². The molecule has 0 saturated carbocycles. The van der Waals surface area contributed by atoms with Gasteiger partial charge in [-0.25, -0.2) is 0 Å². The summed E-state index contributed by atoms with van der Waals surface area (Å²) in [5.74, 6) is 0.956. The molecule has 2 aliphatic heterocycles. The summed E-state index contributed by atoms with van der Waals surface area (Å²) >= 11 is 0. The molecule has 1 unspecified atom stereocenters. The molecular weight excluding hydrogens is 326 g/mol. The summed E-state index contributed by atoms with van der Waals surface area (Å²) in [6.07, 6.45) is 5.46. The van der Waals surface area contributed by atoms with Gasteiger partial charge < -0.3 is 15.1 Å².